The molecule has 0 radical (unpaired) electrons. The van der Waals surface area contributed by atoms with E-state index >= 15 is 0 Å². The van der Waals surface area contributed by atoms with Crippen molar-refractivity contribution in [2.24, 2.45) is 11.8 Å². The average molecular weight is 616 g/mol. The van der Waals surface area contributed by atoms with Gasteiger partial charge in [-0.25, -0.2) is 8.60 Å². The third kappa shape index (κ3) is 7.39. The molecule has 2 fully saturated rings. The molecule has 2 aliphatic rings. The number of piperidine rings is 1. The Balaban J connectivity index is 1.18. The fraction of sp³-hybridized carbons (Fsp3) is 0.444. The van der Waals surface area contributed by atoms with E-state index in [1.807, 2.05) is 55.5 Å². The van der Waals surface area contributed by atoms with Crippen LogP contribution in [0.3, 0.4) is 0 Å². The summed E-state index contributed by atoms with van der Waals surface area (Å²) >= 11 is 0. The molecule has 3 unspecified atom stereocenters. The highest BCUT2D eigenvalue weighted by Crippen LogP contribution is 2.43. The summed E-state index contributed by atoms with van der Waals surface area (Å²) in [5.41, 5.74) is 0.907. The van der Waals surface area contributed by atoms with Crippen LogP contribution in [0, 0.1) is 29.0 Å². The van der Waals surface area contributed by atoms with Gasteiger partial charge in [0.2, 0.25) is 0 Å². The van der Waals surface area contributed by atoms with Crippen LogP contribution < -0.4 is 4.90 Å². The Labute approximate surface area is 263 Å². The molecule has 0 aliphatic carbocycles. The first kappa shape index (κ1) is 31.9. The summed E-state index contributed by atoms with van der Waals surface area (Å²) in [7, 11) is -1.18. The fourth-order valence-electron chi connectivity index (χ4n) is 6.94. The van der Waals surface area contributed by atoms with Gasteiger partial charge in [0.25, 0.3) is 0 Å². The van der Waals surface area contributed by atoms with Crippen molar-refractivity contribution < 1.29 is 18.1 Å². The molecular weight excluding hydrogens is 573 g/mol. The van der Waals surface area contributed by atoms with Crippen LogP contribution in [0.1, 0.15) is 51.5 Å². The number of anilines is 1. The molecule has 3 aromatic carbocycles. The van der Waals surface area contributed by atoms with Crippen LogP contribution in [0.25, 0.3) is 0 Å². The third-order valence-electron chi connectivity index (χ3n) is 9.16. The largest absolute Gasteiger partial charge is 0.462 e. The molecule has 232 valence electrons. The Kier molecular flexibility index (Phi) is 10.5. The van der Waals surface area contributed by atoms with E-state index in [2.05, 4.69) is 28.0 Å². The van der Waals surface area contributed by atoms with Crippen LogP contribution >= 0.6 is 0 Å². The molecule has 0 saturated carbocycles. The zero-order valence-corrected chi connectivity index (χ0v) is 26.5. The van der Waals surface area contributed by atoms with Gasteiger partial charge in [0.15, 0.2) is 0 Å². The van der Waals surface area contributed by atoms with Gasteiger partial charge in [-0.3, -0.25) is 4.79 Å². The number of carbonyl (C=O) groups excluding carboxylic acids is 1. The maximum absolute atomic E-state index is 14.4. The summed E-state index contributed by atoms with van der Waals surface area (Å²) in [6.07, 6.45) is 3.16. The number of benzene rings is 3. The first-order chi connectivity index (χ1) is 21.3. The van der Waals surface area contributed by atoms with E-state index in [9.17, 15) is 18.7 Å². The minimum Gasteiger partial charge on any atom is -0.462 e. The molecule has 3 aromatic rings. The topological polar surface area (TPSA) is 73.6 Å². The van der Waals surface area contributed by atoms with Gasteiger partial charge in [-0.15, -0.1) is 0 Å². The van der Waals surface area contributed by atoms with Crippen molar-refractivity contribution in [3.63, 3.8) is 0 Å². The second-order valence-electron chi connectivity index (χ2n) is 12.2. The molecule has 0 spiro atoms. The number of hydrogen-bond donors (Lipinski definition) is 0. The Morgan fingerprint density at radius 2 is 1.73 bits per heavy atom. The van der Waals surface area contributed by atoms with Gasteiger partial charge in [-0.2, -0.15) is 5.26 Å². The maximum atomic E-state index is 14.4. The van der Waals surface area contributed by atoms with Gasteiger partial charge < -0.3 is 14.5 Å². The number of hydrogen-bond acceptors (Lipinski definition) is 6. The van der Waals surface area contributed by atoms with Gasteiger partial charge in [0.1, 0.15) is 11.9 Å². The lowest BCUT2D eigenvalue weighted by atomic mass is 9.64. The van der Waals surface area contributed by atoms with Crippen LogP contribution in [0.5, 0.6) is 0 Å². The van der Waals surface area contributed by atoms with Gasteiger partial charge in [-0.1, -0.05) is 43.7 Å². The molecule has 8 heteroatoms. The Morgan fingerprint density at radius 3 is 2.34 bits per heavy atom. The second kappa shape index (κ2) is 14.5. The molecule has 3 atom stereocenters. The number of likely N-dealkylation sites (tertiary alicyclic amines) is 1. The first-order valence-corrected chi connectivity index (χ1v) is 16.8. The fourth-order valence-corrected chi connectivity index (χ4v) is 8.00. The highest BCUT2D eigenvalue weighted by atomic mass is 32.2. The van der Waals surface area contributed by atoms with E-state index in [-0.39, 0.29) is 23.8 Å². The normalized spacial score (nSPS) is 18.9. The van der Waals surface area contributed by atoms with Crippen LogP contribution in [-0.4, -0.2) is 53.9 Å². The number of carbonyl (C=O) groups is 1. The molecular formula is C36H42FN3O3S. The maximum Gasteiger partial charge on any atom is 0.302 e. The molecule has 5 rings (SSSR count). The van der Waals surface area contributed by atoms with Crippen molar-refractivity contribution in [3.05, 3.63) is 90.2 Å². The van der Waals surface area contributed by atoms with Crippen molar-refractivity contribution in [1.82, 2.24) is 4.90 Å². The minimum atomic E-state index is -1.18. The SMILES string of the molecule is CCCC(CC(C#N)(c1cccc(F)c1)C1CCN(CC2CN(c3ccc(S(=O)c4ccccc4)cc3)C2)CC1)OC(C)=O. The summed E-state index contributed by atoms with van der Waals surface area (Å²) in [6.45, 7) is 8.17. The molecule has 0 amide bonds. The smallest absolute Gasteiger partial charge is 0.302 e. The Hall–Kier alpha value is -3.54. The summed E-state index contributed by atoms with van der Waals surface area (Å²) in [4.78, 5) is 18.3. The monoisotopic (exact) mass is 615 g/mol. The highest BCUT2D eigenvalue weighted by molar-refractivity contribution is 7.85. The summed E-state index contributed by atoms with van der Waals surface area (Å²) in [5.74, 6) is -0.102. The van der Waals surface area contributed by atoms with Crippen LogP contribution in [-0.2, 0) is 25.7 Å². The quantitative estimate of drug-likeness (QED) is 0.211. The molecule has 0 bridgehead atoms. The van der Waals surface area contributed by atoms with Crippen LogP contribution in [0.4, 0.5) is 10.1 Å². The lowest BCUT2D eigenvalue weighted by Gasteiger charge is -2.46. The molecule has 2 heterocycles. The molecule has 0 aromatic heterocycles. The van der Waals surface area contributed by atoms with Gasteiger partial charge in [0.05, 0.1) is 22.3 Å². The number of rotatable bonds is 12. The van der Waals surface area contributed by atoms with E-state index in [0.29, 0.717) is 24.3 Å². The Bertz CT molecular complexity index is 1460. The van der Waals surface area contributed by atoms with E-state index in [0.717, 1.165) is 67.5 Å². The van der Waals surface area contributed by atoms with Crippen LogP contribution in [0.2, 0.25) is 0 Å². The van der Waals surface area contributed by atoms with Crippen molar-refractivity contribution in [2.75, 3.05) is 37.6 Å². The van der Waals surface area contributed by atoms with Gasteiger partial charge in [0, 0.05) is 54.4 Å². The lowest BCUT2D eigenvalue weighted by Crippen LogP contribution is -2.53. The van der Waals surface area contributed by atoms with Gasteiger partial charge in [-0.05, 0) is 92.4 Å². The number of ether oxygens (including phenoxy) is 1. The minimum absolute atomic E-state index is 0.0401. The average Bonchev–Trinajstić information content (AvgIpc) is 3.02. The Morgan fingerprint density at radius 1 is 1.05 bits per heavy atom. The van der Waals surface area contributed by atoms with E-state index in [4.69, 9.17) is 4.74 Å². The lowest BCUT2D eigenvalue weighted by molar-refractivity contribution is -0.147. The van der Waals surface area contributed by atoms with Crippen LogP contribution in [0.15, 0.2) is 88.7 Å². The molecule has 0 N–H and O–H groups in total. The number of nitriles is 1. The second-order valence-corrected chi connectivity index (χ2v) is 13.7. The molecule has 2 aliphatic heterocycles. The molecule has 6 nitrogen and oxygen atoms in total. The predicted molar refractivity (Wildman–Crippen MR) is 171 cm³/mol. The van der Waals surface area contributed by atoms with E-state index < -0.39 is 16.2 Å². The van der Waals surface area contributed by atoms with Crippen molar-refractivity contribution in [1.29, 1.82) is 5.26 Å². The standard InChI is InChI=1S/C36H42FN3O3S/c1-3-8-33(43-27(2)41)22-36(26-38,30-9-7-10-31(37)21-30)29-17-19-39(20-18-29)23-28-24-40(25-28)32-13-15-35(16-14-32)44(42)34-11-5-4-6-12-34/h4-7,9-16,21,28-29,33H,3,8,17-20,22-25H2,1-2H3. The zero-order valence-electron chi connectivity index (χ0n) is 25.7. The van der Waals surface area contributed by atoms with Crippen molar-refractivity contribution >= 4 is 22.5 Å². The van der Waals surface area contributed by atoms with Crippen molar-refractivity contribution in [3.8, 4) is 6.07 Å². The summed E-state index contributed by atoms with van der Waals surface area (Å²) in [5, 5.41) is 10.7. The van der Waals surface area contributed by atoms with E-state index in [1.54, 1.807) is 6.07 Å². The molecule has 2 saturated heterocycles. The predicted octanol–water partition coefficient (Wildman–Crippen LogP) is 6.72. The summed E-state index contributed by atoms with van der Waals surface area (Å²) in [6, 6.07) is 26.6. The number of esters is 1. The first-order valence-electron chi connectivity index (χ1n) is 15.7. The van der Waals surface area contributed by atoms with E-state index in [1.165, 1.54) is 19.1 Å². The van der Waals surface area contributed by atoms with Crippen molar-refractivity contribution in [2.45, 2.75) is 67.3 Å². The van der Waals surface area contributed by atoms with Gasteiger partial charge >= 0.3 is 5.97 Å². The zero-order chi connectivity index (χ0) is 31.1. The number of nitrogens with zero attached hydrogens (tertiary/aromatic N) is 3. The number of halogens is 1. The highest BCUT2D eigenvalue weighted by Gasteiger charge is 2.45. The summed E-state index contributed by atoms with van der Waals surface area (Å²) < 4.78 is 32.9. The third-order valence-corrected chi connectivity index (χ3v) is 10.6. The molecule has 44 heavy (non-hydrogen) atoms.